The van der Waals surface area contributed by atoms with Crippen LogP contribution in [-0.2, 0) is 0 Å². The molecule has 0 unspecified atom stereocenters. The van der Waals surface area contributed by atoms with Crippen molar-refractivity contribution in [1.29, 1.82) is 0 Å². The Hall–Kier alpha value is -1.95. The van der Waals surface area contributed by atoms with Crippen molar-refractivity contribution >= 4 is 42.1 Å². The highest BCUT2D eigenvalue weighted by Crippen LogP contribution is 2.23. The molecule has 2 rings (SSSR count). The summed E-state index contributed by atoms with van der Waals surface area (Å²) in [5.74, 6) is 0.677. The monoisotopic (exact) mass is 385 g/mol. The normalized spacial score (nSPS) is 9.36. The fourth-order valence-electron chi connectivity index (χ4n) is 2.18. The molecule has 0 aliphatic carbocycles. The van der Waals surface area contributed by atoms with Crippen molar-refractivity contribution in [3.63, 3.8) is 0 Å². The van der Waals surface area contributed by atoms with E-state index in [-0.39, 0.29) is 30.7 Å². The van der Waals surface area contributed by atoms with E-state index in [1.54, 1.807) is 7.11 Å². The average Bonchev–Trinajstić information content (AvgIpc) is 2.59. The fraction of sp³-hybridized carbons (Fsp3) is 0.278. The van der Waals surface area contributed by atoms with Crippen LogP contribution in [0.4, 0.5) is 11.4 Å². The molecule has 0 fully saturated rings. The van der Waals surface area contributed by atoms with Crippen molar-refractivity contribution in [2.75, 3.05) is 32.1 Å². The minimum Gasteiger partial charge on any atom is -0.497 e. The summed E-state index contributed by atoms with van der Waals surface area (Å²) in [5, 5.41) is 9.37. The van der Waals surface area contributed by atoms with Crippen LogP contribution in [0.25, 0.3) is 0 Å². The highest BCUT2D eigenvalue weighted by molar-refractivity contribution is 6.00. The lowest BCUT2D eigenvalue weighted by atomic mass is 10.1. The summed E-state index contributed by atoms with van der Waals surface area (Å²) in [6.07, 6.45) is 0. The van der Waals surface area contributed by atoms with Crippen LogP contribution in [0, 0.1) is 0 Å². The van der Waals surface area contributed by atoms with Gasteiger partial charge in [-0.25, -0.2) is 0 Å². The molecule has 0 aromatic heterocycles. The van der Waals surface area contributed by atoms with Gasteiger partial charge in [0.05, 0.1) is 18.4 Å². The van der Waals surface area contributed by atoms with Crippen molar-refractivity contribution in [3.8, 4) is 5.75 Å². The Morgan fingerprint density at radius 1 is 1.04 bits per heavy atom. The molecule has 0 atom stereocenters. The summed E-state index contributed by atoms with van der Waals surface area (Å²) >= 11 is 0. The largest absolute Gasteiger partial charge is 0.497 e. The third kappa shape index (κ3) is 7.22. The molecule has 0 aliphatic heterocycles. The molecule has 0 saturated heterocycles. The highest BCUT2D eigenvalue weighted by Gasteiger charge is 2.10. The van der Waals surface area contributed by atoms with Crippen LogP contribution >= 0.6 is 24.8 Å². The van der Waals surface area contributed by atoms with Crippen molar-refractivity contribution in [2.24, 2.45) is 0 Å². The Balaban J connectivity index is 0.00000288. The molecule has 0 aliphatic rings. The number of carbonyl (C=O) groups is 1. The second-order valence-corrected chi connectivity index (χ2v) is 5.01. The van der Waals surface area contributed by atoms with Gasteiger partial charge in [0.25, 0.3) is 5.91 Å². The van der Waals surface area contributed by atoms with E-state index in [1.807, 2.05) is 55.5 Å². The Morgan fingerprint density at radius 2 is 1.80 bits per heavy atom. The number of benzene rings is 2. The first-order chi connectivity index (χ1) is 11.2. The van der Waals surface area contributed by atoms with Crippen LogP contribution < -0.4 is 20.7 Å². The molecule has 2 aromatic carbocycles. The number of para-hydroxylation sites is 1. The van der Waals surface area contributed by atoms with E-state index in [4.69, 9.17) is 4.74 Å². The maximum absolute atomic E-state index is 12.3. The Kier molecular flexibility index (Phi) is 11.4. The van der Waals surface area contributed by atoms with E-state index in [1.165, 1.54) is 0 Å². The SMILES string of the molecule is CCNCCNC(=O)c1ccccc1Nc1cccc(OC)c1.Cl.Cl. The van der Waals surface area contributed by atoms with Gasteiger partial charge in [-0.2, -0.15) is 0 Å². The van der Waals surface area contributed by atoms with Gasteiger partial charge in [-0.15, -0.1) is 24.8 Å². The summed E-state index contributed by atoms with van der Waals surface area (Å²) in [6, 6.07) is 15.1. The van der Waals surface area contributed by atoms with Crippen molar-refractivity contribution < 1.29 is 9.53 Å². The van der Waals surface area contributed by atoms with E-state index < -0.39 is 0 Å². The molecule has 7 heteroatoms. The van der Waals surface area contributed by atoms with E-state index in [2.05, 4.69) is 16.0 Å². The molecule has 0 bridgehead atoms. The first-order valence-electron chi connectivity index (χ1n) is 7.73. The number of amides is 1. The topological polar surface area (TPSA) is 62.4 Å². The Bertz CT molecular complexity index is 654. The molecule has 0 saturated carbocycles. The molecule has 138 valence electrons. The van der Waals surface area contributed by atoms with Crippen LogP contribution in [0.15, 0.2) is 48.5 Å². The maximum atomic E-state index is 12.3. The quantitative estimate of drug-likeness (QED) is 0.607. The van der Waals surface area contributed by atoms with Crippen molar-refractivity contribution in [3.05, 3.63) is 54.1 Å². The lowest BCUT2D eigenvalue weighted by Crippen LogP contribution is -2.32. The zero-order valence-electron chi connectivity index (χ0n) is 14.4. The van der Waals surface area contributed by atoms with Gasteiger partial charge >= 0.3 is 0 Å². The van der Waals surface area contributed by atoms with Crippen LogP contribution in [0.5, 0.6) is 5.75 Å². The zero-order chi connectivity index (χ0) is 16.5. The number of rotatable bonds is 8. The highest BCUT2D eigenvalue weighted by atomic mass is 35.5. The van der Waals surface area contributed by atoms with Crippen LogP contribution in [0.3, 0.4) is 0 Å². The van der Waals surface area contributed by atoms with Crippen LogP contribution in [0.2, 0.25) is 0 Å². The number of likely N-dealkylation sites (N-methyl/N-ethyl adjacent to an activating group) is 1. The summed E-state index contributed by atoms with van der Waals surface area (Å²) in [4.78, 5) is 12.3. The molecule has 25 heavy (non-hydrogen) atoms. The van der Waals surface area contributed by atoms with E-state index in [9.17, 15) is 4.79 Å². The predicted octanol–water partition coefficient (Wildman–Crippen LogP) is 3.62. The van der Waals surface area contributed by atoms with Gasteiger partial charge in [-0.1, -0.05) is 25.1 Å². The smallest absolute Gasteiger partial charge is 0.253 e. The summed E-state index contributed by atoms with van der Waals surface area (Å²) < 4.78 is 5.22. The average molecular weight is 386 g/mol. The Labute approximate surface area is 161 Å². The van der Waals surface area contributed by atoms with Gasteiger partial charge in [0, 0.05) is 24.8 Å². The van der Waals surface area contributed by atoms with Gasteiger partial charge in [0.15, 0.2) is 0 Å². The fourth-order valence-corrected chi connectivity index (χ4v) is 2.18. The molecule has 2 aromatic rings. The first kappa shape index (κ1) is 23.1. The first-order valence-corrected chi connectivity index (χ1v) is 7.73. The summed E-state index contributed by atoms with van der Waals surface area (Å²) in [6.45, 7) is 4.28. The summed E-state index contributed by atoms with van der Waals surface area (Å²) in [5.41, 5.74) is 2.26. The number of anilines is 2. The van der Waals surface area contributed by atoms with E-state index in [0.717, 1.165) is 30.2 Å². The predicted molar refractivity (Wildman–Crippen MR) is 108 cm³/mol. The molecular weight excluding hydrogens is 361 g/mol. The van der Waals surface area contributed by atoms with Gasteiger partial charge in [0.1, 0.15) is 5.75 Å². The lowest BCUT2D eigenvalue weighted by Gasteiger charge is -2.13. The zero-order valence-corrected chi connectivity index (χ0v) is 16.0. The van der Waals surface area contributed by atoms with E-state index in [0.29, 0.717) is 12.1 Å². The molecular formula is C18H25Cl2N3O2. The standard InChI is InChI=1S/C18H23N3O2.2ClH/c1-3-19-11-12-20-18(22)16-9-4-5-10-17(16)21-14-7-6-8-15(13-14)23-2;;/h4-10,13,19,21H,3,11-12H2,1-2H3,(H,20,22);2*1H. The maximum Gasteiger partial charge on any atom is 0.253 e. The van der Waals surface area contributed by atoms with Crippen LogP contribution in [-0.4, -0.2) is 32.7 Å². The number of ether oxygens (including phenoxy) is 1. The van der Waals surface area contributed by atoms with Crippen LogP contribution in [0.1, 0.15) is 17.3 Å². The molecule has 0 radical (unpaired) electrons. The molecule has 0 heterocycles. The minimum atomic E-state index is -0.0890. The Morgan fingerprint density at radius 3 is 2.52 bits per heavy atom. The van der Waals surface area contributed by atoms with Gasteiger partial charge in [-0.05, 0) is 30.8 Å². The molecule has 5 nitrogen and oxygen atoms in total. The second kappa shape index (κ2) is 12.4. The minimum absolute atomic E-state index is 0. The summed E-state index contributed by atoms with van der Waals surface area (Å²) in [7, 11) is 1.63. The van der Waals surface area contributed by atoms with E-state index >= 15 is 0 Å². The number of methoxy groups -OCH3 is 1. The third-order valence-corrected chi connectivity index (χ3v) is 3.36. The molecule has 3 N–H and O–H groups in total. The second-order valence-electron chi connectivity index (χ2n) is 5.01. The van der Waals surface area contributed by atoms with Gasteiger partial charge in [0.2, 0.25) is 0 Å². The third-order valence-electron chi connectivity index (χ3n) is 3.36. The molecule has 1 amide bonds. The van der Waals surface area contributed by atoms with Crippen molar-refractivity contribution in [2.45, 2.75) is 6.92 Å². The van der Waals surface area contributed by atoms with Gasteiger partial charge in [-0.3, -0.25) is 4.79 Å². The van der Waals surface area contributed by atoms with Gasteiger partial charge < -0.3 is 20.7 Å². The number of hydrogen-bond acceptors (Lipinski definition) is 4. The number of hydrogen-bond donors (Lipinski definition) is 3. The van der Waals surface area contributed by atoms with Crippen molar-refractivity contribution in [1.82, 2.24) is 10.6 Å². The number of nitrogens with one attached hydrogen (secondary N) is 3. The number of carbonyl (C=O) groups excluding carboxylic acids is 1. The molecule has 0 spiro atoms. The number of halogens is 2. The lowest BCUT2D eigenvalue weighted by molar-refractivity contribution is 0.0955.